The minimum atomic E-state index is -0.223. The number of hydrogen-bond donors (Lipinski definition) is 2. The molecule has 0 radical (unpaired) electrons. The van der Waals surface area contributed by atoms with Gasteiger partial charge in [0.1, 0.15) is 17.7 Å². The van der Waals surface area contributed by atoms with Crippen molar-refractivity contribution in [3.63, 3.8) is 0 Å². The van der Waals surface area contributed by atoms with E-state index in [9.17, 15) is 9.59 Å². The summed E-state index contributed by atoms with van der Waals surface area (Å²) in [6.07, 6.45) is 5.16. The zero-order valence-corrected chi connectivity index (χ0v) is 21.9. The molecule has 1 unspecified atom stereocenters. The van der Waals surface area contributed by atoms with Crippen LogP contribution in [0.1, 0.15) is 21.5 Å². The van der Waals surface area contributed by atoms with Crippen LogP contribution in [0.2, 0.25) is 5.02 Å². The molecule has 196 valence electrons. The van der Waals surface area contributed by atoms with Gasteiger partial charge in [0.05, 0.1) is 11.6 Å². The lowest BCUT2D eigenvalue weighted by atomic mass is 9.99. The average molecular weight is 532 g/mol. The molecule has 1 saturated heterocycles. The molecule has 1 aromatic heterocycles. The highest BCUT2D eigenvalue weighted by Crippen LogP contribution is 2.39. The van der Waals surface area contributed by atoms with Crippen molar-refractivity contribution >= 4 is 35.3 Å². The average Bonchev–Trinajstić information content (AvgIpc) is 3.35. The predicted molar refractivity (Wildman–Crippen MR) is 149 cm³/mol. The van der Waals surface area contributed by atoms with E-state index in [-0.39, 0.29) is 17.9 Å². The standard InChI is InChI=1S/C29H30ClN5O3/c1-34-10-12-35(13-11-34)29(37)21-6-4-20(5-7-21)22-14-23-15-24(38-28(23)25(30)16-22)18-33-27(36)9-3-19-2-8-26(31)32-17-19/h2-9,14,16-17,24H,10-13,15,18H2,1H3,(H2,31,32)(H,33,36). The first-order valence-corrected chi connectivity index (χ1v) is 13.0. The highest BCUT2D eigenvalue weighted by molar-refractivity contribution is 6.32. The molecule has 5 rings (SSSR count). The molecule has 2 aliphatic rings. The fourth-order valence-corrected chi connectivity index (χ4v) is 4.91. The summed E-state index contributed by atoms with van der Waals surface area (Å²) in [7, 11) is 2.07. The quantitative estimate of drug-likeness (QED) is 0.472. The number of aromatic nitrogens is 1. The molecule has 1 fully saturated rings. The Bertz CT molecular complexity index is 1350. The van der Waals surface area contributed by atoms with Crippen LogP contribution in [0.5, 0.6) is 5.75 Å². The predicted octanol–water partition coefficient (Wildman–Crippen LogP) is 3.50. The van der Waals surface area contributed by atoms with Crippen LogP contribution in [-0.2, 0) is 11.2 Å². The summed E-state index contributed by atoms with van der Waals surface area (Å²) < 4.78 is 6.03. The van der Waals surface area contributed by atoms with Crippen LogP contribution in [0.4, 0.5) is 5.82 Å². The fourth-order valence-electron chi connectivity index (χ4n) is 4.63. The molecule has 0 aliphatic carbocycles. The largest absolute Gasteiger partial charge is 0.486 e. The number of benzene rings is 2. The Kier molecular flexibility index (Phi) is 7.62. The molecule has 2 aliphatic heterocycles. The number of nitrogens with two attached hydrogens (primary N) is 1. The van der Waals surface area contributed by atoms with Crippen molar-refractivity contribution in [3.8, 4) is 16.9 Å². The van der Waals surface area contributed by atoms with Crippen LogP contribution in [0, 0.1) is 0 Å². The van der Waals surface area contributed by atoms with E-state index in [0.717, 1.165) is 48.4 Å². The summed E-state index contributed by atoms with van der Waals surface area (Å²) in [4.78, 5) is 33.3. The van der Waals surface area contributed by atoms with Crippen LogP contribution in [-0.4, -0.2) is 72.5 Å². The highest BCUT2D eigenvalue weighted by Gasteiger charge is 2.26. The number of halogens is 1. The second kappa shape index (κ2) is 11.2. The van der Waals surface area contributed by atoms with E-state index in [4.69, 9.17) is 22.1 Å². The zero-order valence-electron chi connectivity index (χ0n) is 21.2. The Morgan fingerprint density at radius 3 is 2.58 bits per heavy atom. The Labute approximate surface area is 227 Å². The monoisotopic (exact) mass is 531 g/mol. The molecule has 0 saturated carbocycles. The molecule has 2 amide bonds. The zero-order chi connectivity index (χ0) is 26.6. The molecule has 9 heteroatoms. The van der Waals surface area contributed by atoms with Gasteiger partial charge in [0.25, 0.3) is 5.91 Å². The number of ether oxygens (including phenoxy) is 1. The molecule has 38 heavy (non-hydrogen) atoms. The lowest BCUT2D eigenvalue weighted by Crippen LogP contribution is -2.47. The first-order valence-electron chi connectivity index (χ1n) is 12.6. The number of carbonyl (C=O) groups is 2. The lowest BCUT2D eigenvalue weighted by Gasteiger charge is -2.32. The van der Waals surface area contributed by atoms with Crippen molar-refractivity contribution in [2.24, 2.45) is 0 Å². The van der Waals surface area contributed by atoms with Crippen molar-refractivity contribution in [1.82, 2.24) is 20.1 Å². The van der Waals surface area contributed by atoms with Crippen molar-refractivity contribution < 1.29 is 14.3 Å². The summed E-state index contributed by atoms with van der Waals surface area (Å²) in [5, 5.41) is 3.40. The Morgan fingerprint density at radius 2 is 1.87 bits per heavy atom. The van der Waals surface area contributed by atoms with E-state index in [2.05, 4.69) is 28.3 Å². The third-order valence-corrected chi connectivity index (χ3v) is 7.13. The first kappa shape index (κ1) is 25.8. The summed E-state index contributed by atoms with van der Waals surface area (Å²) in [5.74, 6) is 0.925. The van der Waals surface area contributed by atoms with Gasteiger partial charge in [-0.3, -0.25) is 9.59 Å². The second-order valence-corrected chi connectivity index (χ2v) is 10.1. The minimum Gasteiger partial charge on any atom is -0.486 e. The molecular weight excluding hydrogens is 502 g/mol. The van der Waals surface area contributed by atoms with Crippen LogP contribution in [0.15, 0.2) is 60.8 Å². The SMILES string of the molecule is CN1CCN(C(=O)c2ccc(-c3cc(Cl)c4c(c3)CC(CNC(=O)C=Cc3ccc(N)nc3)O4)cc2)CC1. The third kappa shape index (κ3) is 5.98. The molecule has 0 bridgehead atoms. The molecular formula is C29H30ClN5O3. The topological polar surface area (TPSA) is 101 Å². The van der Waals surface area contributed by atoms with Gasteiger partial charge >= 0.3 is 0 Å². The van der Waals surface area contributed by atoms with Gasteiger partial charge in [-0.2, -0.15) is 0 Å². The maximum atomic E-state index is 12.9. The number of likely N-dealkylation sites (N-methyl/N-ethyl adjacent to an activating group) is 1. The molecule has 2 aromatic carbocycles. The number of rotatable bonds is 6. The normalized spacial score (nSPS) is 17.3. The van der Waals surface area contributed by atoms with Gasteiger partial charge in [0.15, 0.2) is 0 Å². The number of piperazine rings is 1. The number of nitrogen functional groups attached to an aromatic ring is 1. The summed E-state index contributed by atoms with van der Waals surface area (Å²) >= 11 is 6.57. The van der Waals surface area contributed by atoms with E-state index >= 15 is 0 Å². The molecule has 1 atom stereocenters. The Balaban J connectivity index is 1.19. The van der Waals surface area contributed by atoms with Gasteiger partial charge in [-0.1, -0.05) is 23.7 Å². The Morgan fingerprint density at radius 1 is 1.11 bits per heavy atom. The van der Waals surface area contributed by atoms with Crippen molar-refractivity contribution in [2.45, 2.75) is 12.5 Å². The number of carbonyl (C=O) groups excluding carboxylic acids is 2. The van der Waals surface area contributed by atoms with Crippen molar-refractivity contribution in [3.05, 3.63) is 82.5 Å². The summed E-state index contributed by atoms with van der Waals surface area (Å²) in [5.41, 5.74) is 9.98. The van der Waals surface area contributed by atoms with E-state index in [1.54, 1.807) is 24.4 Å². The van der Waals surface area contributed by atoms with E-state index in [1.165, 1.54) is 6.08 Å². The first-order chi connectivity index (χ1) is 18.4. The number of pyridine rings is 1. The smallest absolute Gasteiger partial charge is 0.253 e. The van der Waals surface area contributed by atoms with E-state index in [1.807, 2.05) is 35.2 Å². The number of nitrogens with one attached hydrogen (secondary N) is 1. The van der Waals surface area contributed by atoms with Gasteiger partial charge in [0.2, 0.25) is 5.91 Å². The Hall–Kier alpha value is -3.88. The minimum absolute atomic E-state index is 0.0647. The van der Waals surface area contributed by atoms with Crippen LogP contribution in [0.3, 0.4) is 0 Å². The van der Waals surface area contributed by atoms with Gasteiger partial charge in [-0.25, -0.2) is 4.98 Å². The molecule has 3 N–H and O–H groups in total. The number of hydrogen-bond acceptors (Lipinski definition) is 6. The van der Waals surface area contributed by atoms with Crippen LogP contribution >= 0.6 is 11.6 Å². The van der Waals surface area contributed by atoms with Gasteiger partial charge < -0.3 is 25.6 Å². The third-order valence-electron chi connectivity index (χ3n) is 6.85. The molecule has 8 nitrogen and oxygen atoms in total. The van der Waals surface area contributed by atoms with Crippen molar-refractivity contribution in [2.75, 3.05) is 45.5 Å². The summed E-state index contributed by atoms with van der Waals surface area (Å²) in [6.45, 7) is 3.63. The fraction of sp³-hybridized carbons (Fsp3) is 0.276. The highest BCUT2D eigenvalue weighted by atomic mass is 35.5. The van der Waals surface area contributed by atoms with Gasteiger partial charge in [-0.05, 0) is 66.2 Å². The van der Waals surface area contributed by atoms with Crippen LogP contribution in [0.25, 0.3) is 17.2 Å². The second-order valence-electron chi connectivity index (χ2n) is 9.66. The van der Waals surface area contributed by atoms with Gasteiger partial charge in [0, 0.05) is 56.0 Å². The van der Waals surface area contributed by atoms with Crippen LogP contribution < -0.4 is 15.8 Å². The maximum Gasteiger partial charge on any atom is 0.253 e. The van der Waals surface area contributed by atoms with E-state index in [0.29, 0.717) is 35.1 Å². The molecule has 0 spiro atoms. The van der Waals surface area contributed by atoms with E-state index < -0.39 is 0 Å². The number of nitrogens with zero attached hydrogens (tertiary/aromatic N) is 3. The number of anilines is 1. The number of fused-ring (bicyclic) bond motifs is 1. The molecule has 3 aromatic rings. The maximum absolute atomic E-state index is 12.9. The van der Waals surface area contributed by atoms with Gasteiger partial charge in [-0.15, -0.1) is 0 Å². The molecule has 3 heterocycles. The number of amides is 2. The van der Waals surface area contributed by atoms with Crippen molar-refractivity contribution in [1.29, 1.82) is 0 Å². The summed E-state index contributed by atoms with van der Waals surface area (Å²) in [6, 6.07) is 15.1. The lowest BCUT2D eigenvalue weighted by molar-refractivity contribution is -0.116.